The maximum atomic E-state index is 12.4. The average Bonchev–Trinajstić information content (AvgIpc) is 2.99. The summed E-state index contributed by atoms with van der Waals surface area (Å²) in [7, 11) is 0. The molecule has 0 atom stereocenters. The lowest BCUT2D eigenvalue weighted by Crippen LogP contribution is -2.47. The van der Waals surface area contributed by atoms with Crippen molar-refractivity contribution in [3.8, 4) is 0 Å². The molecule has 5 heteroatoms. The Bertz CT molecular complexity index is 666. The molecule has 2 heterocycles. The monoisotopic (exact) mass is 313 g/mol. The van der Waals surface area contributed by atoms with E-state index in [9.17, 15) is 9.59 Å². The Morgan fingerprint density at radius 2 is 1.87 bits per heavy atom. The van der Waals surface area contributed by atoms with Gasteiger partial charge in [-0.15, -0.1) is 0 Å². The number of anilines is 1. The van der Waals surface area contributed by atoms with Crippen molar-refractivity contribution in [2.24, 2.45) is 0 Å². The quantitative estimate of drug-likeness (QED) is 0.852. The predicted molar refractivity (Wildman–Crippen MR) is 90.5 cm³/mol. The number of carbonyl (C=O) groups excluding carboxylic acids is 2. The molecular formula is C18H23N3O2. The number of hydrogen-bond acceptors (Lipinski definition) is 2. The van der Waals surface area contributed by atoms with Crippen LogP contribution in [0.5, 0.6) is 0 Å². The van der Waals surface area contributed by atoms with E-state index in [1.807, 2.05) is 24.3 Å². The number of amides is 3. The fraction of sp³-hybridized carbons (Fsp3) is 0.444. The number of hydrogen-bond donors (Lipinski definition) is 1. The SMILES string of the molecule is CC1=C(C)CN(C(=O)NCC(=O)N2CCc3ccccc32)CC1. The first kappa shape index (κ1) is 15.6. The van der Waals surface area contributed by atoms with Crippen LogP contribution in [0.15, 0.2) is 35.4 Å². The van der Waals surface area contributed by atoms with Gasteiger partial charge in [0.15, 0.2) is 0 Å². The summed E-state index contributed by atoms with van der Waals surface area (Å²) in [4.78, 5) is 28.2. The third-order valence-corrected chi connectivity index (χ3v) is 4.78. The van der Waals surface area contributed by atoms with E-state index in [1.54, 1.807) is 9.80 Å². The number of carbonyl (C=O) groups is 2. The molecule has 0 radical (unpaired) electrons. The second kappa shape index (κ2) is 6.44. The molecule has 2 aliphatic rings. The van der Waals surface area contributed by atoms with E-state index in [-0.39, 0.29) is 18.5 Å². The third-order valence-electron chi connectivity index (χ3n) is 4.78. The second-order valence-corrected chi connectivity index (χ2v) is 6.32. The molecule has 3 rings (SSSR count). The van der Waals surface area contributed by atoms with Crippen LogP contribution < -0.4 is 10.2 Å². The van der Waals surface area contributed by atoms with Crippen LogP contribution in [0.3, 0.4) is 0 Å². The third kappa shape index (κ3) is 3.23. The van der Waals surface area contributed by atoms with Gasteiger partial charge in [0.1, 0.15) is 0 Å². The van der Waals surface area contributed by atoms with Crippen molar-refractivity contribution >= 4 is 17.6 Å². The van der Waals surface area contributed by atoms with E-state index in [4.69, 9.17) is 0 Å². The van der Waals surface area contributed by atoms with Gasteiger partial charge in [0, 0.05) is 25.3 Å². The lowest BCUT2D eigenvalue weighted by atomic mass is 10.0. The van der Waals surface area contributed by atoms with Crippen LogP contribution in [0.1, 0.15) is 25.8 Å². The fourth-order valence-corrected chi connectivity index (χ4v) is 3.15. The van der Waals surface area contributed by atoms with Gasteiger partial charge >= 0.3 is 6.03 Å². The number of fused-ring (bicyclic) bond motifs is 1. The van der Waals surface area contributed by atoms with Gasteiger partial charge in [-0.3, -0.25) is 4.79 Å². The average molecular weight is 313 g/mol. The number of rotatable bonds is 2. The molecule has 0 aromatic heterocycles. The summed E-state index contributed by atoms with van der Waals surface area (Å²) in [5, 5.41) is 2.77. The molecule has 0 spiro atoms. The number of benzene rings is 1. The summed E-state index contributed by atoms with van der Waals surface area (Å²) in [5.41, 5.74) is 4.77. The van der Waals surface area contributed by atoms with E-state index in [1.165, 1.54) is 16.7 Å². The Morgan fingerprint density at radius 3 is 2.65 bits per heavy atom. The van der Waals surface area contributed by atoms with Gasteiger partial charge in [-0.05, 0) is 38.3 Å². The summed E-state index contributed by atoms with van der Waals surface area (Å²) in [6, 6.07) is 7.78. The first-order valence-corrected chi connectivity index (χ1v) is 8.12. The topological polar surface area (TPSA) is 52.7 Å². The van der Waals surface area contributed by atoms with E-state index in [2.05, 4.69) is 19.2 Å². The first-order chi connectivity index (χ1) is 11.1. The van der Waals surface area contributed by atoms with Crippen molar-refractivity contribution in [1.29, 1.82) is 0 Å². The van der Waals surface area contributed by atoms with Crippen molar-refractivity contribution in [3.05, 3.63) is 41.0 Å². The first-order valence-electron chi connectivity index (χ1n) is 8.12. The maximum Gasteiger partial charge on any atom is 0.318 e. The highest BCUT2D eigenvalue weighted by molar-refractivity contribution is 5.98. The minimum absolute atomic E-state index is 0.0470. The molecule has 0 saturated carbocycles. The minimum Gasteiger partial charge on any atom is -0.329 e. The zero-order valence-corrected chi connectivity index (χ0v) is 13.8. The Hall–Kier alpha value is -2.30. The van der Waals surface area contributed by atoms with Crippen molar-refractivity contribution in [1.82, 2.24) is 10.2 Å². The number of urea groups is 1. The van der Waals surface area contributed by atoms with Crippen molar-refractivity contribution in [3.63, 3.8) is 0 Å². The van der Waals surface area contributed by atoms with Crippen LogP contribution in [-0.2, 0) is 11.2 Å². The standard InChI is InChI=1S/C18H23N3O2/c1-13-7-9-20(12-14(13)2)18(23)19-11-17(22)21-10-8-15-5-3-4-6-16(15)21/h3-6H,7-12H2,1-2H3,(H,19,23). The van der Waals surface area contributed by atoms with Crippen LogP contribution in [-0.4, -0.2) is 43.0 Å². The molecule has 0 bridgehead atoms. The molecule has 5 nitrogen and oxygen atoms in total. The van der Waals surface area contributed by atoms with E-state index in [0.717, 1.165) is 25.1 Å². The Balaban J connectivity index is 1.55. The number of nitrogens with zero attached hydrogens (tertiary/aromatic N) is 2. The Kier molecular flexibility index (Phi) is 4.37. The highest BCUT2D eigenvalue weighted by Crippen LogP contribution is 2.27. The molecule has 3 amide bonds. The molecule has 0 aliphatic carbocycles. The van der Waals surface area contributed by atoms with Gasteiger partial charge in [0.2, 0.25) is 5.91 Å². The molecule has 2 aliphatic heterocycles. The lowest BCUT2D eigenvalue weighted by molar-refractivity contribution is -0.117. The van der Waals surface area contributed by atoms with Gasteiger partial charge in [0.05, 0.1) is 6.54 Å². The van der Waals surface area contributed by atoms with Crippen LogP contribution in [0, 0.1) is 0 Å². The zero-order chi connectivity index (χ0) is 16.4. The lowest BCUT2D eigenvalue weighted by Gasteiger charge is -2.29. The summed E-state index contributed by atoms with van der Waals surface area (Å²) in [5.74, 6) is -0.0521. The number of nitrogens with one attached hydrogen (secondary N) is 1. The molecule has 1 aromatic rings. The van der Waals surface area contributed by atoms with Crippen molar-refractivity contribution in [2.45, 2.75) is 26.7 Å². The smallest absolute Gasteiger partial charge is 0.318 e. The zero-order valence-electron chi connectivity index (χ0n) is 13.8. The predicted octanol–water partition coefficient (Wildman–Crippen LogP) is 2.33. The molecular weight excluding hydrogens is 290 g/mol. The molecule has 1 N–H and O–H groups in total. The van der Waals surface area contributed by atoms with Gasteiger partial charge in [-0.2, -0.15) is 0 Å². The van der Waals surface area contributed by atoms with Crippen LogP contribution in [0.4, 0.5) is 10.5 Å². The Morgan fingerprint density at radius 1 is 1.09 bits per heavy atom. The molecule has 0 unspecified atom stereocenters. The van der Waals surface area contributed by atoms with Crippen LogP contribution >= 0.6 is 0 Å². The molecule has 122 valence electrons. The summed E-state index contributed by atoms with van der Waals surface area (Å²) >= 11 is 0. The van der Waals surface area contributed by atoms with E-state index in [0.29, 0.717) is 13.1 Å². The van der Waals surface area contributed by atoms with E-state index >= 15 is 0 Å². The largest absolute Gasteiger partial charge is 0.329 e. The van der Waals surface area contributed by atoms with Crippen molar-refractivity contribution in [2.75, 3.05) is 31.1 Å². The fourth-order valence-electron chi connectivity index (χ4n) is 3.15. The van der Waals surface area contributed by atoms with Gasteiger partial charge in [0.25, 0.3) is 0 Å². The molecule has 1 aromatic carbocycles. The van der Waals surface area contributed by atoms with E-state index < -0.39 is 0 Å². The Labute approximate surface area is 137 Å². The minimum atomic E-state index is -0.155. The number of para-hydroxylation sites is 1. The normalized spacial score (nSPS) is 17.3. The summed E-state index contributed by atoms with van der Waals surface area (Å²) < 4.78 is 0. The summed E-state index contributed by atoms with van der Waals surface area (Å²) in [6.45, 7) is 6.28. The van der Waals surface area contributed by atoms with Crippen molar-refractivity contribution < 1.29 is 9.59 Å². The van der Waals surface area contributed by atoms with Crippen LogP contribution in [0.2, 0.25) is 0 Å². The highest BCUT2D eigenvalue weighted by Gasteiger charge is 2.25. The maximum absolute atomic E-state index is 12.4. The molecule has 0 saturated heterocycles. The highest BCUT2D eigenvalue weighted by atomic mass is 16.2. The second-order valence-electron chi connectivity index (χ2n) is 6.32. The van der Waals surface area contributed by atoms with Gasteiger partial charge in [-0.25, -0.2) is 4.79 Å². The summed E-state index contributed by atoms with van der Waals surface area (Å²) in [6.07, 6.45) is 1.79. The molecule has 0 fully saturated rings. The van der Waals surface area contributed by atoms with Gasteiger partial charge < -0.3 is 15.1 Å². The van der Waals surface area contributed by atoms with Gasteiger partial charge in [-0.1, -0.05) is 29.3 Å². The molecule has 23 heavy (non-hydrogen) atoms. The van der Waals surface area contributed by atoms with Crippen LogP contribution in [0.25, 0.3) is 0 Å².